The Morgan fingerprint density at radius 2 is 1.93 bits per heavy atom. The standard InChI is InChI=1S/C11H15NO3/c12-9-3-1-8(2-4-9)7-10(13)5-6-11(14)15/h1-4,10,13H,5-7,12H2,(H,14,15)/t10-/m0/s1. The lowest BCUT2D eigenvalue weighted by Crippen LogP contribution is -2.12. The zero-order valence-corrected chi connectivity index (χ0v) is 8.39. The monoisotopic (exact) mass is 209 g/mol. The predicted molar refractivity (Wildman–Crippen MR) is 57.4 cm³/mol. The molecule has 0 aromatic heterocycles. The molecular formula is C11H15NO3. The van der Waals surface area contributed by atoms with Gasteiger partial charge in [-0.05, 0) is 30.5 Å². The number of carboxylic acids is 1. The van der Waals surface area contributed by atoms with Crippen LogP contribution in [-0.4, -0.2) is 22.3 Å². The number of nitrogens with two attached hydrogens (primary N) is 1. The van der Waals surface area contributed by atoms with Crippen LogP contribution in [0.15, 0.2) is 24.3 Å². The lowest BCUT2D eigenvalue weighted by Gasteiger charge is -2.09. The molecule has 0 radical (unpaired) electrons. The van der Waals surface area contributed by atoms with Gasteiger partial charge in [0, 0.05) is 12.1 Å². The smallest absolute Gasteiger partial charge is 0.303 e. The maximum absolute atomic E-state index is 10.3. The molecule has 4 heteroatoms. The second kappa shape index (κ2) is 5.36. The Morgan fingerprint density at radius 1 is 1.33 bits per heavy atom. The van der Waals surface area contributed by atoms with Crippen molar-refractivity contribution in [3.63, 3.8) is 0 Å². The summed E-state index contributed by atoms with van der Waals surface area (Å²) in [7, 11) is 0. The number of carboxylic acid groups (broad SMARTS) is 1. The maximum Gasteiger partial charge on any atom is 0.303 e. The lowest BCUT2D eigenvalue weighted by molar-refractivity contribution is -0.137. The predicted octanol–water partition coefficient (Wildman–Crippen LogP) is 1.04. The zero-order valence-electron chi connectivity index (χ0n) is 8.39. The number of nitrogen functional groups attached to an aromatic ring is 1. The van der Waals surface area contributed by atoms with Gasteiger partial charge in [-0.3, -0.25) is 4.79 Å². The number of anilines is 1. The van der Waals surface area contributed by atoms with Crippen LogP contribution in [0.3, 0.4) is 0 Å². The van der Waals surface area contributed by atoms with E-state index in [2.05, 4.69) is 0 Å². The molecule has 15 heavy (non-hydrogen) atoms. The summed E-state index contributed by atoms with van der Waals surface area (Å²) in [5, 5.41) is 18.0. The largest absolute Gasteiger partial charge is 0.481 e. The Balaban J connectivity index is 2.40. The van der Waals surface area contributed by atoms with E-state index in [9.17, 15) is 9.90 Å². The Kier molecular flexibility index (Phi) is 4.12. The minimum Gasteiger partial charge on any atom is -0.481 e. The SMILES string of the molecule is Nc1ccc(C[C@@H](O)CCC(=O)O)cc1. The molecule has 0 spiro atoms. The van der Waals surface area contributed by atoms with Crippen molar-refractivity contribution < 1.29 is 15.0 Å². The first-order valence-electron chi connectivity index (χ1n) is 4.82. The molecule has 0 saturated heterocycles. The summed E-state index contributed by atoms with van der Waals surface area (Å²) in [5.41, 5.74) is 7.16. The van der Waals surface area contributed by atoms with Crippen molar-refractivity contribution in [2.45, 2.75) is 25.4 Å². The molecule has 0 saturated carbocycles. The van der Waals surface area contributed by atoms with Crippen molar-refractivity contribution in [1.82, 2.24) is 0 Å². The Bertz CT molecular complexity index is 321. The van der Waals surface area contributed by atoms with Gasteiger partial charge in [-0.1, -0.05) is 12.1 Å². The van der Waals surface area contributed by atoms with Crippen molar-refractivity contribution >= 4 is 11.7 Å². The number of benzene rings is 1. The number of rotatable bonds is 5. The van der Waals surface area contributed by atoms with Crippen LogP contribution < -0.4 is 5.73 Å². The fourth-order valence-corrected chi connectivity index (χ4v) is 1.32. The average molecular weight is 209 g/mol. The fraction of sp³-hybridized carbons (Fsp3) is 0.364. The number of aliphatic hydroxyl groups is 1. The Hall–Kier alpha value is -1.55. The van der Waals surface area contributed by atoms with Crippen molar-refractivity contribution in [2.24, 2.45) is 0 Å². The van der Waals surface area contributed by atoms with Crippen molar-refractivity contribution in [2.75, 3.05) is 5.73 Å². The number of hydrogen-bond donors (Lipinski definition) is 3. The molecule has 0 aliphatic rings. The number of aliphatic carboxylic acids is 1. The number of aliphatic hydroxyl groups excluding tert-OH is 1. The van der Waals surface area contributed by atoms with Gasteiger partial charge in [0.15, 0.2) is 0 Å². The third kappa shape index (κ3) is 4.46. The highest BCUT2D eigenvalue weighted by Gasteiger charge is 2.07. The van der Waals surface area contributed by atoms with Crippen LogP contribution in [-0.2, 0) is 11.2 Å². The van der Waals surface area contributed by atoms with Crippen molar-refractivity contribution in [3.8, 4) is 0 Å². The zero-order chi connectivity index (χ0) is 11.3. The first kappa shape index (κ1) is 11.5. The summed E-state index contributed by atoms with van der Waals surface area (Å²) in [6.07, 6.45) is 0.133. The van der Waals surface area contributed by atoms with Gasteiger partial charge in [0.2, 0.25) is 0 Å². The molecule has 0 fully saturated rings. The minimum absolute atomic E-state index is 0.00383. The van der Waals surface area contributed by atoms with Crippen LogP contribution in [0.25, 0.3) is 0 Å². The molecule has 0 heterocycles. The van der Waals surface area contributed by atoms with Crippen LogP contribution in [0.5, 0.6) is 0 Å². The molecule has 82 valence electrons. The normalized spacial score (nSPS) is 12.3. The molecule has 0 bridgehead atoms. The van der Waals surface area contributed by atoms with Crippen molar-refractivity contribution in [1.29, 1.82) is 0 Å². The average Bonchev–Trinajstić information content (AvgIpc) is 2.19. The van der Waals surface area contributed by atoms with Gasteiger partial charge in [0.1, 0.15) is 0 Å². The van der Waals surface area contributed by atoms with Crippen LogP contribution in [0.4, 0.5) is 5.69 Å². The highest BCUT2D eigenvalue weighted by Crippen LogP contribution is 2.10. The van der Waals surface area contributed by atoms with Crippen LogP contribution in [0.1, 0.15) is 18.4 Å². The van der Waals surface area contributed by atoms with Crippen molar-refractivity contribution in [3.05, 3.63) is 29.8 Å². The van der Waals surface area contributed by atoms with Gasteiger partial charge < -0.3 is 15.9 Å². The van der Waals surface area contributed by atoms with Gasteiger partial charge in [-0.25, -0.2) is 0 Å². The van der Waals surface area contributed by atoms with E-state index in [1.165, 1.54) is 0 Å². The van der Waals surface area contributed by atoms with Gasteiger partial charge in [0.25, 0.3) is 0 Å². The second-order valence-electron chi connectivity index (χ2n) is 3.53. The van der Waals surface area contributed by atoms with E-state index < -0.39 is 12.1 Å². The van der Waals surface area contributed by atoms with Crippen LogP contribution >= 0.6 is 0 Å². The first-order valence-corrected chi connectivity index (χ1v) is 4.82. The summed E-state index contributed by atoms with van der Waals surface area (Å²) in [6, 6.07) is 7.19. The van der Waals surface area contributed by atoms with Crippen LogP contribution in [0, 0.1) is 0 Å². The van der Waals surface area contributed by atoms with Gasteiger partial charge >= 0.3 is 5.97 Å². The van der Waals surface area contributed by atoms with E-state index in [4.69, 9.17) is 10.8 Å². The van der Waals surface area contributed by atoms with Gasteiger partial charge in [-0.15, -0.1) is 0 Å². The molecule has 1 rings (SSSR count). The molecular weight excluding hydrogens is 194 g/mol. The Labute approximate surface area is 88.3 Å². The van der Waals surface area contributed by atoms with E-state index in [0.29, 0.717) is 12.1 Å². The molecule has 4 nitrogen and oxygen atoms in total. The quantitative estimate of drug-likeness (QED) is 0.632. The first-order chi connectivity index (χ1) is 7.08. The Morgan fingerprint density at radius 3 is 2.47 bits per heavy atom. The maximum atomic E-state index is 10.3. The third-order valence-electron chi connectivity index (χ3n) is 2.14. The van der Waals surface area contributed by atoms with Gasteiger partial charge in [-0.2, -0.15) is 0 Å². The molecule has 0 aliphatic carbocycles. The van der Waals surface area contributed by atoms with E-state index in [1.54, 1.807) is 12.1 Å². The van der Waals surface area contributed by atoms with E-state index in [0.717, 1.165) is 5.56 Å². The molecule has 0 unspecified atom stereocenters. The molecule has 4 N–H and O–H groups in total. The van der Waals surface area contributed by atoms with E-state index in [1.807, 2.05) is 12.1 Å². The topological polar surface area (TPSA) is 83.5 Å². The molecule has 1 aromatic rings. The summed E-state index contributed by atoms with van der Waals surface area (Å²) in [5.74, 6) is -0.883. The summed E-state index contributed by atoms with van der Waals surface area (Å²) in [4.78, 5) is 10.3. The van der Waals surface area contributed by atoms with Crippen LogP contribution in [0.2, 0.25) is 0 Å². The molecule has 0 amide bonds. The second-order valence-corrected chi connectivity index (χ2v) is 3.53. The number of carbonyl (C=O) groups is 1. The highest BCUT2D eigenvalue weighted by atomic mass is 16.4. The highest BCUT2D eigenvalue weighted by molar-refractivity contribution is 5.66. The summed E-state index contributed by atoms with van der Waals surface area (Å²) in [6.45, 7) is 0. The van der Waals surface area contributed by atoms with E-state index >= 15 is 0 Å². The minimum atomic E-state index is -0.883. The molecule has 1 atom stereocenters. The van der Waals surface area contributed by atoms with E-state index in [-0.39, 0.29) is 12.8 Å². The summed E-state index contributed by atoms with van der Waals surface area (Å²) < 4.78 is 0. The lowest BCUT2D eigenvalue weighted by atomic mass is 10.0. The third-order valence-corrected chi connectivity index (χ3v) is 2.14. The fourth-order valence-electron chi connectivity index (χ4n) is 1.32. The van der Waals surface area contributed by atoms with Gasteiger partial charge in [0.05, 0.1) is 6.10 Å². The number of hydrogen-bond acceptors (Lipinski definition) is 3. The summed E-state index contributed by atoms with van der Waals surface area (Å²) >= 11 is 0. The molecule has 1 aromatic carbocycles. The molecule has 0 aliphatic heterocycles.